The molecule has 3 rings (SSSR count). The average Bonchev–Trinajstić information content (AvgIpc) is 2.77. The molecule has 4 nitrogen and oxygen atoms in total. The van der Waals surface area contributed by atoms with Gasteiger partial charge in [-0.1, -0.05) is 12.1 Å². The van der Waals surface area contributed by atoms with Crippen LogP contribution in [0.4, 0.5) is 0 Å². The maximum absolute atomic E-state index is 6.43. The molecule has 0 amide bonds. The van der Waals surface area contributed by atoms with Gasteiger partial charge in [0.15, 0.2) is 0 Å². The largest absolute Gasteiger partial charge is 0.374 e. The summed E-state index contributed by atoms with van der Waals surface area (Å²) in [6, 6.07) is 8.18. The third-order valence-electron chi connectivity index (χ3n) is 4.57. The van der Waals surface area contributed by atoms with Crippen molar-refractivity contribution in [3.05, 3.63) is 30.1 Å². The fraction of sp³-hybridized carbons (Fsp3) is 0.562. The van der Waals surface area contributed by atoms with E-state index < -0.39 is 0 Å². The lowest BCUT2D eigenvalue weighted by Crippen LogP contribution is -2.51. The highest BCUT2D eigenvalue weighted by molar-refractivity contribution is 5.75. The lowest BCUT2D eigenvalue weighted by atomic mass is 9.87. The van der Waals surface area contributed by atoms with Gasteiger partial charge in [-0.15, -0.1) is 0 Å². The molecule has 1 aromatic carbocycles. The van der Waals surface area contributed by atoms with E-state index in [0.29, 0.717) is 0 Å². The zero-order valence-corrected chi connectivity index (χ0v) is 12.3. The van der Waals surface area contributed by atoms with E-state index in [1.165, 1.54) is 6.42 Å². The van der Waals surface area contributed by atoms with Crippen LogP contribution < -0.4 is 5.73 Å². The topological polar surface area (TPSA) is 53.1 Å². The van der Waals surface area contributed by atoms with Gasteiger partial charge in [-0.05, 0) is 38.3 Å². The van der Waals surface area contributed by atoms with Gasteiger partial charge in [0.05, 0.1) is 16.6 Å². The van der Waals surface area contributed by atoms with Crippen LogP contribution in [-0.4, -0.2) is 27.8 Å². The summed E-state index contributed by atoms with van der Waals surface area (Å²) in [6.45, 7) is 2.96. The van der Waals surface area contributed by atoms with Gasteiger partial charge in [-0.2, -0.15) is 0 Å². The predicted octanol–water partition coefficient (Wildman–Crippen LogP) is 2.40. The molecule has 1 saturated heterocycles. The van der Waals surface area contributed by atoms with Gasteiger partial charge in [0, 0.05) is 26.1 Å². The van der Waals surface area contributed by atoms with Gasteiger partial charge in [0.2, 0.25) is 0 Å². The van der Waals surface area contributed by atoms with Gasteiger partial charge in [0.25, 0.3) is 0 Å². The number of fused-ring (bicyclic) bond motifs is 1. The number of nitrogens with zero attached hydrogens (tertiary/aromatic N) is 2. The number of ether oxygens (including phenoxy) is 1. The molecule has 1 aromatic heterocycles. The Hall–Kier alpha value is -1.39. The molecule has 0 saturated carbocycles. The minimum atomic E-state index is -0.212. The number of hydrogen-bond donors (Lipinski definition) is 1. The summed E-state index contributed by atoms with van der Waals surface area (Å²) in [7, 11) is 2.06. The van der Waals surface area contributed by atoms with Gasteiger partial charge in [-0.3, -0.25) is 0 Å². The third-order valence-corrected chi connectivity index (χ3v) is 4.57. The maximum Gasteiger partial charge on any atom is 0.111 e. The normalized spacial score (nSPS) is 24.9. The Morgan fingerprint density at radius 3 is 2.90 bits per heavy atom. The van der Waals surface area contributed by atoms with Gasteiger partial charge in [-0.25, -0.2) is 4.98 Å². The first-order valence-electron chi connectivity index (χ1n) is 7.40. The van der Waals surface area contributed by atoms with Crippen LogP contribution in [0.2, 0.25) is 0 Å². The van der Waals surface area contributed by atoms with Crippen molar-refractivity contribution in [1.29, 1.82) is 0 Å². The summed E-state index contributed by atoms with van der Waals surface area (Å²) in [5.41, 5.74) is 8.41. The van der Waals surface area contributed by atoms with E-state index in [1.807, 2.05) is 18.2 Å². The smallest absolute Gasteiger partial charge is 0.111 e. The summed E-state index contributed by atoms with van der Waals surface area (Å²) in [4.78, 5) is 4.71. The number of aryl methyl sites for hydroxylation is 1. The molecule has 2 atom stereocenters. The van der Waals surface area contributed by atoms with Crippen LogP contribution in [0.15, 0.2) is 24.3 Å². The highest BCUT2D eigenvalue weighted by Crippen LogP contribution is 2.28. The molecule has 0 bridgehead atoms. The first-order valence-corrected chi connectivity index (χ1v) is 7.40. The molecule has 1 aliphatic rings. The first-order chi connectivity index (χ1) is 9.60. The quantitative estimate of drug-likeness (QED) is 0.934. The fourth-order valence-electron chi connectivity index (χ4n) is 3.04. The Morgan fingerprint density at radius 2 is 2.20 bits per heavy atom. The molecular weight excluding hydrogens is 250 g/mol. The predicted molar refractivity (Wildman–Crippen MR) is 80.6 cm³/mol. The van der Waals surface area contributed by atoms with Crippen LogP contribution in [0.1, 0.15) is 32.0 Å². The van der Waals surface area contributed by atoms with Crippen LogP contribution >= 0.6 is 0 Å². The number of benzene rings is 1. The molecule has 108 valence electrons. The van der Waals surface area contributed by atoms with Crippen molar-refractivity contribution in [3.8, 4) is 0 Å². The molecule has 0 radical (unpaired) electrons. The van der Waals surface area contributed by atoms with Gasteiger partial charge in [0.1, 0.15) is 5.82 Å². The lowest BCUT2D eigenvalue weighted by Gasteiger charge is -2.38. The van der Waals surface area contributed by atoms with Crippen molar-refractivity contribution in [2.24, 2.45) is 12.8 Å². The van der Waals surface area contributed by atoms with Crippen molar-refractivity contribution in [3.63, 3.8) is 0 Å². The van der Waals surface area contributed by atoms with E-state index in [9.17, 15) is 0 Å². The Kier molecular flexibility index (Phi) is 3.52. The molecule has 4 heteroatoms. The minimum Gasteiger partial charge on any atom is -0.374 e. The molecule has 2 heterocycles. The summed E-state index contributed by atoms with van der Waals surface area (Å²) >= 11 is 0. The molecular formula is C16H23N3O. The summed E-state index contributed by atoms with van der Waals surface area (Å²) in [6.07, 6.45) is 4.14. The Morgan fingerprint density at radius 1 is 1.40 bits per heavy atom. The molecule has 0 aliphatic carbocycles. The number of para-hydroxylation sites is 2. The lowest BCUT2D eigenvalue weighted by molar-refractivity contribution is -0.0812. The third kappa shape index (κ3) is 2.34. The highest BCUT2D eigenvalue weighted by atomic mass is 16.5. The van der Waals surface area contributed by atoms with Crippen molar-refractivity contribution in [2.45, 2.75) is 44.2 Å². The summed E-state index contributed by atoms with van der Waals surface area (Å²) < 4.78 is 8.09. The number of imidazole rings is 1. The van der Waals surface area contributed by atoms with E-state index in [2.05, 4.69) is 24.6 Å². The van der Waals surface area contributed by atoms with E-state index in [4.69, 9.17) is 15.5 Å². The Bertz CT molecular complexity index is 599. The van der Waals surface area contributed by atoms with Crippen LogP contribution in [0.3, 0.4) is 0 Å². The molecule has 2 aromatic rings. The molecule has 1 aliphatic heterocycles. The summed E-state index contributed by atoms with van der Waals surface area (Å²) in [5.74, 6) is 1.04. The monoisotopic (exact) mass is 273 g/mol. The van der Waals surface area contributed by atoms with E-state index in [-0.39, 0.29) is 11.6 Å². The van der Waals surface area contributed by atoms with Crippen LogP contribution in [0.25, 0.3) is 11.0 Å². The summed E-state index contributed by atoms with van der Waals surface area (Å²) in [5, 5.41) is 0. The van der Waals surface area contributed by atoms with E-state index in [1.54, 1.807) is 0 Å². The van der Waals surface area contributed by atoms with E-state index in [0.717, 1.165) is 42.7 Å². The second kappa shape index (κ2) is 5.19. The molecule has 20 heavy (non-hydrogen) atoms. The molecule has 0 spiro atoms. The second-order valence-corrected chi connectivity index (χ2v) is 6.00. The zero-order chi connectivity index (χ0) is 14.2. The van der Waals surface area contributed by atoms with Crippen LogP contribution in [-0.2, 0) is 18.2 Å². The Balaban J connectivity index is 1.83. The molecule has 2 N–H and O–H groups in total. The number of aromatic nitrogens is 2. The van der Waals surface area contributed by atoms with Gasteiger partial charge >= 0.3 is 0 Å². The van der Waals surface area contributed by atoms with Crippen molar-refractivity contribution in [1.82, 2.24) is 9.55 Å². The van der Waals surface area contributed by atoms with Crippen LogP contribution in [0, 0.1) is 0 Å². The van der Waals surface area contributed by atoms with Crippen LogP contribution in [0.5, 0.6) is 0 Å². The van der Waals surface area contributed by atoms with Crippen molar-refractivity contribution in [2.75, 3.05) is 6.61 Å². The van der Waals surface area contributed by atoms with Crippen molar-refractivity contribution < 1.29 is 4.74 Å². The number of hydrogen-bond acceptors (Lipinski definition) is 3. The van der Waals surface area contributed by atoms with Gasteiger partial charge < -0.3 is 15.0 Å². The fourth-order valence-corrected chi connectivity index (χ4v) is 3.04. The number of rotatable bonds is 3. The zero-order valence-electron chi connectivity index (χ0n) is 12.3. The Labute approximate surface area is 119 Å². The standard InChI is InChI=1S/C16H23N3O/c1-16(9-5-6-10-20-16)14(17)11-15-18-12-7-3-4-8-13(12)19(15)2/h3-4,7-8,14H,5-6,9-11,17H2,1-2H3. The first kappa shape index (κ1) is 13.6. The number of nitrogens with two attached hydrogens (primary N) is 1. The van der Waals surface area contributed by atoms with Crippen molar-refractivity contribution >= 4 is 11.0 Å². The second-order valence-electron chi connectivity index (χ2n) is 6.00. The maximum atomic E-state index is 6.43. The minimum absolute atomic E-state index is 0.0155. The SMILES string of the molecule is Cn1c(CC(N)C2(C)CCCCO2)nc2ccccc21. The molecule has 1 fully saturated rings. The highest BCUT2D eigenvalue weighted by Gasteiger charge is 2.35. The average molecular weight is 273 g/mol. The van der Waals surface area contributed by atoms with E-state index >= 15 is 0 Å². The molecule has 2 unspecified atom stereocenters.